The topological polar surface area (TPSA) is 77.0 Å². The van der Waals surface area contributed by atoms with Crippen LogP contribution in [0.2, 0.25) is 0 Å². The normalized spacial score (nSPS) is 18.0. The fraction of sp³-hybridized carbons (Fsp3) is 0.667. The predicted octanol–water partition coefficient (Wildman–Crippen LogP) is 1.73. The van der Waals surface area contributed by atoms with Gasteiger partial charge in [-0.1, -0.05) is 30.3 Å². The zero-order valence-corrected chi connectivity index (χ0v) is 19.1. The third-order valence-corrected chi connectivity index (χ3v) is 7.01. The predicted molar refractivity (Wildman–Crippen MR) is 120 cm³/mol. The van der Waals surface area contributed by atoms with Gasteiger partial charge >= 0.3 is 0 Å². The van der Waals surface area contributed by atoms with Gasteiger partial charge in [-0.05, 0) is 44.7 Å². The number of nitrogens with zero attached hydrogens (tertiary/aromatic N) is 3. The lowest BCUT2D eigenvalue weighted by Crippen LogP contribution is -2.44. The summed E-state index contributed by atoms with van der Waals surface area (Å²) in [5.41, 5.74) is 1.33. The third kappa shape index (κ3) is 8.32. The molecule has 164 valence electrons. The first-order chi connectivity index (χ1) is 13.8. The van der Waals surface area contributed by atoms with Gasteiger partial charge in [-0.25, -0.2) is 12.7 Å². The molecular weight excluding hydrogens is 386 g/mol. The summed E-state index contributed by atoms with van der Waals surface area (Å²) in [5.74, 6) is 1.29. The Bertz CT molecular complexity index is 731. The number of sulfonamides is 1. The van der Waals surface area contributed by atoms with Gasteiger partial charge in [0, 0.05) is 45.8 Å². The van der Waals surface area contributed by atoms with Crippen LogP contribution in [0.3, 0.4) is 0 Å². The molecule has 1 unspecified atom stereocenters. The van der Waals surface area contributed by atoms with Gasteiger partial charge in [0.15, 0.2) is 5.96 Å². The zero-order chi connectivity index (χ0) is 21.3. The van der Waals surface area contributed by atoms with Crippen molar-refractivity contribution in [1.82, 2.24) is 19.8 Å². The molecule has 0 aliphatic carbocycles. The van der Waals surface area contributed by atoms with Crippen LogP contribution in [0.5, 0.6) is 0 Å². The van der Waals surface area contributed by atoms with E-state index in [9.17, 15) is 8.42 Å². The molecule has 1 saturated heterocycles. The quantitative estimate of drug-likeness (QED) is 0.467. The van der Waals surface area contributed by atoms with E-state index in [1.54, 1.807) is 11.4 Å². The molecule has 0 bridgehead atoms. The highest BCUT2D eigenvalue weighted by atomic mass is 32.2. The van der Waals surface area contributed by atoms with Gasteiger partial charge in [0.25, 0.3) is 0 Å². The Morgan fingerprint density at radius 2 is 1.90 bits per heavy atom. The van der Waals surface area contributed by atoms with Gasteiger partial charge < -0.3 is 10.6 Å². The first-order valence-electron chi connectivity index (χ1n) is 10.4. The minimum absolute atomic E-state index is 0.459. The van der Waals surface area contributed by atoms with Crippen LogP contribution in [-0.2, 0) is 16.6 Å². The maximum Gasteiger partial charge on any atom is 0.211 e. The van der Waals surface area contributed by atoms with Crippen LogP contribution in [-0.4, -0.2) is 76.2 Å². The van der Waals surface area contributed by atoms with Crippen LogP contribution in [0.1, 0.15) is 31.7 Å². The number of guanidine groups is 1. The van der Waals surface area contributed by atoms with E-state index < -0.39 is 10.0 Å². The summed E-state index contributed by atoms with van der Waals surface area (Å²) in [6.07, 6.45) is 4.09. The summed E-state index contributed by atoms with van der Waals surface area (Å²) in [7, 11) is 0.885. The molecule has 2 N–H and O–H groups in total. The molecule has 0 amide bonds. The second-order valence-corrected chi connectivity index (χ2v) is 10.0. The molecule has 1 aromatic rings. The smallest absolute Gasteiger partial charge is 0.211 e. The molecule has 7 nitrogen and oxygen atoms in total. The number of hydrogen-bond donors (Lipinski definition) is 2. The highest BCUT2D eigenvalue weighted by molar-refractivity contribution is 7.88. The summed E-state index contributed by atoms with van der Waals surface area (Å²) in [4.78, 5) is 6.67. The van der Waals surface area contributed by atoms with Crippen LogP contribution >= 0.6 is 0 Å². The Kier molecular flexibility index (Phi) is 9.39. The minimum atomic E-state index is -3.06. The van der Waals surface area contributed by atoms with Crippen molar-refractivity contribution in [3.05, 3.63) is 35.9 Å². The lowest BCUT2D eigenvalue weighted by Gasteiger charge is -2.30. The minimum Gasteiger partial charge on any atom is -0.356 e. The molecule has 8 heteroatoms. The summed E-state index contributed by atoms with van der Waals surface area (Å²) < 4.78 is 24.8. The molecule has 1 aliphatic heterocycles. The largest absolute Gasteiger partial charge is 0.356 e. The maximum absolute atomic E-state index is 11.6. The van der Waals surface area contributed by atoms with Crippen LogP contribution in [0.15, 0.2) is 35.3 Å². The van der Waals surface area contributed by atoms with Gasteiger partial charge in [0.05, 0.1) is 6.26 Å². The molecule has 0 aromatic heterocycles. The fourth-order valence-corrected chi connectivity index (χ4v) is 4.43. The number of hydrogen-bond acceptors (Lipinski definition) is 4. The van der Waals surface area contributed by atoms with Gasteiger partial charge in [0.2, 0.25) is 10.0 Å². The molecule has 0 radical (unpaired) electrons. The molecule has 1 atom stereocenters. The summed E-state index contributed by atoms with van der Waals surface area (Å²) >= 11 is 0. The lowest BCUT2D eigenvalue weighted by atomic mass is 9.98. The van der Waals surface area contributed by atoms with E-state index >= 15 is 0 Å². The lowest BCUT2D eigenvalue weighted by molar-refractivity contribution is 0.238. The molecule has 0 spiro atoms. The van der Waals surface area contributed by atoms with Crippen LogP contribution in [0.4, 0.5) is 0 Å². The van der Waals surface area contributed by atoms with Crippen molar-refractivity contribution in [2.75, 3.05) is 46.5 Å². The van der Waals surface area contributed by atoms with E-state index in [0.29, 0.717) is 25.0 Å². The Morgan fingerprint density at radius 3 is 2.48 bits per heavy atom. The number of benzene rings is 1. The number of rotatable bonds is 9. The summed E-state index contributed by atoms with van der Waals surface area (Å²) in [5, 5.41) is 6.79. The van der Waals surface area contributed by atoms with Crippen molar-refractivity contribution in [3.63, 3.8) is 0 Å². The van der Waals surface area contributed by atoms with E-state index in [0.717, 1.165) is 44.9 Å². The number of aliphatic imine (C=N–C) groups is 1. The average Bonchev–Trinajstić information content (AvgIpc) is 2.70. The molecule has 29 heavy (non-hydrogen) atoms. The highest BCUT2D eigenvalue weighted by Crippen LogP contribution is 2.18. The Labute approximate surface area is 176 Å². The van der Waals surface area contributed by atoms with Crippen molar-refractivity contribution < 1.29 is 8.42 Å². The van der Waals surface area contributed by atoms with Gasteiger partial charge in [0.1, 0.15) is 0 Å². The van der Waals surface area contributed by atoms with Crippen LogP contribution in [0, 0.1) is 5.92 Å². The van der Waals surface area contributed by atoms with Crippen molar-refractivity contribution in [1.29, 1.82) is 0 Å². The Morgan fingerprint density at radius 1 is 1.24 bits per heavy atom. The number of nitrogens with one attached hydrogen (secondary N) is 2. The molecule has 1 heterocycles. The van der Waals surface area contributed by atoms with Crippen molar-refractivity contribution in [2.24, 2.45) is 10.9 Å². The Balaban J connectivity index is 1.65. The van der Waals surface area contributed by atoms with E-state index in [1.807, 2.05) is 6.07 Å². The van der Waals surface area contributed by atoms with Crippen molar-refractivity contribution in [3.8, 4) is 0 Å². The molecular formula is C21H37N5O2S. The molecule has 0 saturated carbocycles. The van der Waals surface area contributed by atoms with Crippen LogP contribution in [0.25, 0.3) is 0 Å². The molecule has 1 fully saturated rings. The molecule has 1 aromatic carbocycles. The fourth-order valence-electron chi connectivity index (χ4n) is 3.55. The third-order valence-electron chi connectivity index (χ3n) is 5.71. The second kappa shape index (κ2) is 11.5. The number of piperidine rings is 1. The monoisotopic (exact) mass is 423 g/mol. The average molecular weight is 424 g/mol. The molecule has 1 aliphatic rings. The maximum atomic E-state index is 11.6. The van der Waals surface area contributed by atoms with Crippen molar-refractivity contribution in [2.45, 2.75) is 38.8 Å². The SMILES string of the molecule is CN=C(NCCC(C)N(C)Cc1ccccc1)NCC1CCN(S(C)(=O)=O)CC1. The van der Waals surface area contributed by atoms with E-state index in [2.05, 4.69) is 58.8 Å². The summed E-state index contributed by atoms with van der Waals surface area (Å²) in [6, 6.07) is 11.0. The van der Waals surface area contributed by atoms with Crippen LogP contribution < -0.4 is 10.6 Å². The first-order valence-corrected chi connectivity index (χ1v) is 12.3. The van der Waals surface area contributed by atoms with Gasteiger partial charge in [-0.2, -0.15) is 0 Å². The standard InChI is InChI=1S/C21H37N5O2S/c1-18(25(3)17-20-8-6-5-7-9-20)10-13-23-21(22-2)24-16-19-11-14-26(15-12-19)29(4,27)28/h5-9,18-19H,10-17H2,1-4H3,(H2,22,23,24). The van der Waals surface area contributed by atoms with E-state index in [-0.39, 0.29) is 0 Å². The molecule has 2 rings (SSSR count). The Hall–Kier alpha value is -1.64. The summed E-state index contributed by atoms with van der Waals surface area (Å²) in [6.45, 7) is 6.09. The van der Waals surface area contributed by atoms with E-state index in [1.165, 1.54) is 11.8 Å². The first kappa shape index (κ1) is 23.6. The second-order valence-electron chi connectivity index (χ2n) is 8.02. The highest BCUT2D eigenvalue weighted by Gasteiger charge is 2.24. The zero-order valence-electron chi connectivity index (χ0n) is 18.3. The van der Waals surface area contributed by atoms with Gasteiger partial charge in [-0.15, -0.1) is 0 Å². The van der Waals surface area contributed by atoms with Crippen molar-refractivity contribution >= 4 is 16.0 Å². The van der Waals surface area contributed by atoms with Gasteiger partial charge in [-0.3, -0.25) is 9.89 Å². The van der Waals surface area contributed by atoms with E-state index in [4.69, 9.17) is 0 Å².